The monoisotopic (exact) mass is 403 g/mol. The minimum atomic E-state index is -0.691. The highest BCUT2D eigenvalue weighted by Gasteiger charge is 2.38. The van der Waals surface area contributed by atoms with Crippen LogP contribution < -0.4 is 0 Å². The van der Waals surface area contributed by atoms with Gasteiger partial charge in [0, 0.05) is 19.0 Å². The largest absolute Gasteiger partial charge is 0.465 e. The summed E-state index contributed by atoms with van der Waals surface area (Å²) in [6, 6.07) is 0. The Bertz CT molecular complexity index is 475. The summed E-state index contributed by atoms with van der Waals surface area (Å²) >= 11 is 0. The van der Waals surface area contributed by atoms with E-state index >= 15 is 0 Å². The van der Waals surface area contributed by atoms with Gasteiger partial charge in [0.05, 0.1) is 18.6 Å². The van der Waals surface area contributed by atoms with E-state index in [2.05, 4.69) is 30.0 Å². The van der Waals surface area contributed by atoms with Gasteiger partial charge < -0.3 is 4.74 Å². The lowest BCUT2D eigenvalue weighted by Gasteiger charge is -2.31. The molecule has 0 aromatic rings. The zero-order chi connectivity index (χ0) is 21.3. The molecule has 0 aromatic heterocycles. The second-order valence-corrected chi connectivity index (χ2v) is 10.2. The molecule has 0 heterocycles. The number of hydroxylamine groups is 2. The smallest absolute Gasteiger partial charge is 0.311 e. The van der Waals surface area contributed by atoms with Crippen molar-refractivity contribution in [1.82, 2.24) is 5.06 Å². The molecule has 0 saturated heterocycles. The zero-order valence-electron chi connectivity index (χ0n) is 18.8. The van der Waals surface area contributed by atoms with E-state index in [0.29, 0.717) is 38.0 Å². The van der Waals surface area contributed by atoms with E-state index in [1.165, 1.54) is 12.8 Å². The quantitative estimate of drug-likeness (QED) is 0.180. The maximum absolute atomic E-state index is 12.4. The first-order valence-electron chi connectivity index (χ1n) is 10.0. The van der Waals surface area contributed by atoms with Crippen molar-refractivity contribution in [3.8, 4) is 0 Å². The van der Waals surface area contributed by atoms with Crippen molar-refractivity contribution in [3.63, 3.8) is 0 Å². The molecule has 0 rings (SSSR count). The molecule has 0 N–H and O–H groups in total. The van der Waals surface area contributed by atoms with Gasteiger partial charge in [0.25, 0.3) is 0 Å². The lowest BCUT2D eigenvalue weighted by molar-refractivity contribution is -0.160. The fourth-order valence-electron chi connectivity index (χ4n) is 3.26. The zero-order valence-corrected chi connectivity index (χ0v) is 20.0. The number of hydrogen-bond donors (Lipinski definition) is 0. The Kier molecular flexibility index (Phi) is 11.3. The van der Waals surface area contributed by atoms with Crippen molar-refractivity contribution in [3.05, 3.63) is 0 Å². The Morgan fingerprint density at radius 1 is 0.963 bits per heavy atom. The maximum atomic E-state index is 12.4. The van der Waals surface area contributed by atoms with Gasteiger partial charge in [-0.2, -0.15) is 5.06 Å². The minimum Gasteiger partial charge on any atom is -0.465 e. The summed E-state index contributed by atoms with van der Waals surface area (Å²) in [4.78, 5) is 29.8. The summed E-state index contributed by atoms with van der Waals surface area (Å²) in [6.07, 6.45) is 4.58. The molecule has 0 fully saturated rings. The molecule has 6 heteroatoms. The summed E-state index contributed by atoms with van der Waals surface area (Å²) in [7, 11) is 4.12. The number of esters is 1. The molecule has 27 heavy (non-hydrogen) atoms. The molecule has 5 nitrogen and oxygen atoms in total. The molecule has 0 bridgehead atoms. The van der Waals surface area contributed by atoms with Crippen LogP contribution in [0.15, 0.2) is 0 Å². The van der Waals surface area contributed by atoms with Crippen LogP contribution in [0.25, 0.3) is 0 Å². The van der Waals surface area contributed by atoms with Gasteiger partial charge in [0.15, 0.2) is 5.52 Å². The maximum Gasteiger partial charge on any atom is 0.311 e. The summed E-state index contributed by atoms with van der Waals surface area (Å²) in [5.74, 6) is -0.258. The molecule has 1 unspecified atom stereocenters. The summed E-state index contributed by atoms with van der Waals surface area (Å²) in [5, 5.41) is 1.82. The number of nitrogens with zero attached hydrogens (tertiary/aromatic N) is 1. The molecule has 0 spiro atoms. The standard InChI is InChI=1S/C21H42NO4P/c1-9-11-19(2,3)12-15-26-22(8)13-10-14-25-17(23)20(4,5)16-21(6,7)18(24)27/h9-16,27H2,1-8H3. The molecular weight excluding hydrogens is 361 g/mol. The first-order valence-corrected chi connectivity index (χ1v) is 10.6. The lowest BCUT2D eigenvalue weighted by atomic mass is 9.76. The fourth-order valence-corrected chi connectivity index (χ4v) is 3.36. The Morgan fingerprint density at radius 2 is 1.56 bits per heavy atom. The molecule has 0 amide bonds. The fraction of sp³-hybridized carbons (Fsp3) is 0.905. The van der Waals surface area contributed by atoms with Crippen LogP contribution in [0, 0.1) is 16.2 Å². The van der Waals surface area contributed by atoms with Crippen LogP contribution in [0.4, 0.5) is 0 Å². The van der Waals surface area contributed by atoms with Crippen LogP contribution in [-0.4, -0.2) is 43.4 Å². The highest BCUT2D eigenvalue weighted by molar-refractivity contribution is 7.40. The summed E-state index contributed by atoms with van der Waals surface area (Å²) < 4.78 is 5.43. The Morgan fingerprint density at radius 3 is 2.07 bits per heavy atom. The SMILES string of the molecule is CCCC(C)(C)CCON(C)CCCOC(=O)C(C)(C)CC(C)(C)C(=O)P. The van der Waals surface area contributed by atoms with Gasteiger partial charge in [-0.3, -0.25) is 14.4 Å². The number of carbonyl (C=O) groups is 2. The van der Waals surface area contributed by atoms with Crippen molar-refractivity contribution >= 4 is 20.7 Å². The van der Waals surface area contributed by atoms with Crippen LogP contribution in [0.1, 0.15) is 80.6 Å². The normalized spacial score (nSPS) is 13.1. The molecule has 0 aromatic carbocycles. The van der Waals surface area contributed by atoms with Crippen LogP contribution in [0.3, 0.4) is 0 Å². The number of rotatable bonds is 14. The molecule has 160 valence electrons. The third-order valence-electron chi connectivity index (χ3n) is 4.97. The van der Waals surface area contributed by atoms with Crippen molar-refractivity contribution in [1.29, 1.82) is 0 Å². The number of carbonyl (C=O) groups excluding carboxylic acids is 2. The van der Waals surface area contributed by atoms with Crippen LogP contribution in [-0.2, 0) is 19.2 Å². The van der Waals surface area contributed by atoms with E-state index in [1.54, 1.807) is 0 Å². The second kappa shape index (κ2) is 11.5. The Hall–Kier alpha value is -0.510. The number of hydrogen-bond acceptors (Lipinski definition) is 5. The van der Waals surface area contributed by atoms with Gasteiger partial charge in [0.1, 0.15) is 0 Å². The first-order chi connectivity index (χ1) is 12.2. The molecule has 0 aliphatic rings. The van der Waals surface area contributed by atoms with Gasteiger partial charge in [-0.15, -0.1) is 0 Å². The third-order valence-corrected chi connectivity index (χ3v) is 5.75. The molecule has 1 atom stereocenters. The van der Waals surface area contributed by atoms with Gasteiger partial charge in [-0.25, -0.2) is 0 Å². The van der Waals surface area contributed by atoms with Crippen LogP contribution >= 0.6 is 9.24 Å². The molecule has 0 radical (unpaired) electrons. The first kappa shape index (κ1) is 26.5. The summed E-state index contributed by atoms with van der Waals surface area (Å²) in [5.41, 5.74) is -0.942. The molecule has 0 saturated carbocycles. The van der Waals surface area contributed by atoms with Crippen molar-refractivity contribution in [2.24, 2.45) is 16.2 Å². The number of ether oxygens (including phenoxy) is 1. The van der Waals surface area contributed by atoms with Gasteiger partial charge >= 0.3 is 5.97 Å². The topological polar surface area (TPSA) is 55.8 Å². The van der Waals surface area contributed by atoms with Crippen LogP contribution in [0.2, 0.25) is 0 Å². The van der Waals surface area contributed by atoms with E-state index in [9.17, 15) is 9.59 Å². The highest BCUT2D eigenvalue weighted by Crippen LogP contribution is 2.36. The predicted octanol–water partition coefficient (Wildman–Crippen LogP) is 4.84. The predicted molar refractivity (Wildman–Crippen MR) is 114 cm³/mol. The molecule has 0 aliphatic carbocycles. The van der Waals surface area contributed by atoms with Gasteiger partial charge in [-0.1, -0.05) is 50.3 Å². The molecular formula is C21H42NO4P. The van der Waals surface area contributed by atoms with E-state index in [4.69, 9.17) is 9.57 Å². The lowest BCUT2D eigenvalue weighted by Crippen LogP contribution is -2.35. The minimum absolute atomic E-state index is 0.00395. The van der Waals surface area contributed by atoms with E-state index in [-0.39, 0.29) is 11.5 Å². The van der Waals surface area contributed by atoms with Crippen molar-refractivity contribution in [2.45, 2.75) is 80.6 Å². The van der Waals surface area contributed by atoms with Crippen molar-refractivity contribution < 1.29 is 19.2 Å². The average Bonchev–Trinajstić information content (AvgIpc) is 2.49. The molecule has 0 aliphatic heterocycles. The van der Waals surface area contributed by atoms with E-state index in [1.807, 2.05) is 39.8 Å². The average molecular weight is 404 g/mol. The van der Waals surface area contributed by atoms with Gasteiger partial charge in [-0.05, 0) is 44.9 Å². The van der Waals surface area contributed by atoms with Crippen LogP contribution in [0.5, 0.6) is 0 Å². The van der Waals surface area contributed by atoms with Crippen molar-refractivity contribution in [2.75, 3.05) is 26.8 Å². The second-order valence-electron chi connectivity index (χ2n) is 9.65. The highest BCUT2D eigenvalue weighted by atomic mass is 31.0. The summed E-state index contributed by atoms with van der Waals surface area (Å²) in [6.45, 7) is 15.9. The van der Waals surface area contributed by atoms with E-state index < -0.39 is 10.8 Å². The third kappa shape index (κ3) is 11.2. The van der Waals surface area contributed by atoms with Gasteiger partial charge in [0.2, 0.25) is 0 Å². The Balaban J connectivity index is 4.12. The Labute approximate surface area is 169 Å². The van der Waals surface area contributed by atoms with E-state index in [0.717, 1.165) is 6.42 Å².